The summed E-state index contributed by atoms with van der Waals surface area (Å²) in [4.78, 5) is 37.4. The number of nitrogens with zero attached hydrogens (tertiary/aromatic N) is 2. The van der Waals surface area contributed by atoms with Crippen molar-refractivity contribution >= 4 is 23.8 Å². The predicted molar refractivity (Wildman–Crippen MR) is 101 cm³/mol. The lowest BCUT2D eigenvalue weighted by Gasteiger charge is -2.16. The molecule has 3 N–H and O–H groups in total. The molecule has 8 nitrogen and oxygen atoms in total. The summed E-state index contributed by atoms with van der Waals surface area (Å²) < 4.78 is 0. The zero-order chi connectivity index (χ0) is 20.5. The normalized spacial score (nSPS) is 13.1. The molecule has 146 valence electrons. The molecule has 2 atom stereocenters. The second-order valence-corrected chi connectivity index (χ2v) is 5.89. The molecule has 0 aliphatic rings. The molecular formula is C20H20N2O6. The van der Waals surface area contributed by atoms with Crippen molar-refractivity contribution in [2.45, 2.75) is 18.6 Å². The number of aliphatic hydroxyl groups excluding tert-OH is 3. The molecule has 0 radical (unpaired) electrons. The van der Waals surface area contributed by atoms with E-state index in [1.807, 2.05) is 0 Å². The van der Waals surface area contributed by atoms with E-state index in [1.54, 1.807) is 36.4 Å². The highest BCUT2D eigenvalue weighted by Gasteiger charge is 2.24. The number of Topliss-reactive ketones (excluding diaryl/α,β-unsaturated/α-hetero) is 1. The molecule has 0 aliphatic heterocycles. The van der Waals surface area contributed by atoms with E-state index < -0.39 is 42.8 Å². The molecular weight excluding hydrogens is 364 g/mol. The number of hydrogen-bond acceptors (Lipinski definition) is 7. The van der Waals surface area contributed by atoms with Gasteiger partial charge in [-0.05, 0) is 24.3 Å². The highest BCUT2D eigenvalue weighted by Crippen LogP contribution is 2.11. The quantitative estimate of drug-likeness (QED) is 0.348. The van der Waals surface area contributed by atoms with Gasteiger partial charge in [0.1, 0.15) is 6.10 Å². The minimum atomic E-state index is -1.49. The zero-order valence-corrected chi connectivity index (χ0v) is 14.9. The van der Waals surface area contributed by atoms with E-state index >= 15 is 0 Å². The number of ketones is 1. The second kappa shape index (κ2) is 10.2. The second-order valence-electron chi connectivity index (χ2n) is 5.89. The third kappa shape index (κ3) is 5.65. The average Bonchev–Trinajstić information content (AvgIpc) is 2.74. The Morgan fingerprint density at radius 2 is 1.32 bits per heavy atom. The Balaban J connectivity index is 2.24. The molecule has 0 saturated heterocycles. The van der Waals surface area contributed by atoms with Crippen LogP contribution in [0, 0.1) is 0 Å². The van der Waals surface area contributed by atoms with Crippen molar-refractivity contribution in [1.82, 2.24) is 5.01 Å². The van der Waals surface area contributed by atoms with Crippen LogP contribution in [0.5, 0.6) is 0 Å². The molecule has 0 bridgehead atoms. The standard InChI is InChI=1S/C20H20N2O6/c23-13-18(26)17(25)11-16(24)12-21-22(19(27)14-7-3-1-4-8-14)20(28)15-9-5-2-6-10-15/h1-10,12,17-18,23,25-26H,11,13H2. The van der Waals surface area contributed by atoms with Gasteiger partial charge in [0.05, 0.1) is 18.9 Å². The van der Waals surface area contributed by atoms with Crippen molar-refractivity contribution in [3.05, 3.63) is 71.8 Å². The fraction of sp³-hybridized carbons (Fsp3) is 0.200. The molecule has 2 rings (SSSR count). The highest BCUT2D eigenvalue weighted by molar-refractivity contribution is 6.28. The van der Waals surface area contributed by atoms with Crippen molar-refractivity contribution in [1.29, 1.82) is 0 Å². The first-order valence-corrected chi connectivity index (χ1v) is 8.46. The van der Waals surface area contributed by atoms with Gasteiger partial charge in [0.2, 0.25) is 0 Å². The number of amides is 2. The molecule has 0 aromatic heterocycles. The van der Waals surface area contributed by atoms with Crippen molar-refractivity contribution < 1.29 is 29.7 Å². The summed E-state index contributed by atoms with van der Waals surface area (Å²) in [5.41, 5.74) is 0.402. The fourth-order valence-electron chi connectivity index (χ4n) is 2.24. The molecule has 2 unspecified atom stereocenters. The number of benzene rings is 2. The Hall–Kier alpha value is -3.20. The Bertz CT molecular complexity index is 787. The summed E-state index contributed by atoms with van der Waals surface area (Å²) in [5, 5.41) is 32.0. The van der Waals surface area contributed by atoms with E-state index in [0.717, 1.165) is 6.21 Å². The molecule has 2 aromatic carbocycles. The lowest BCUT2D eigenvalue weighted by atomic mass is 10.1. The van der Waals surface area contributed by atoms with Crippen LogP contribution in [0.4, 0.5) is 0 Å². The maximum Gasteiger partial charge on any atom is 0.281 e. The molecule has 0 aliphatic carbocycles. The number of rotatable bonds is 8. The van der Waals surface area contributed by atoms with Crippen LogP contribution in [0.3, 0.4) is 0 Å². The Morgan fingerprint density at radius 3 is 1.75 bits per heavy atom. The summed E-state index contributed by atoms with van der Waals surface area (Å²) >= 11 is 0. The predicted octanol–water partition coefficient (Wildman–Crippen LogP) is 0.628. The number of carbonyl (C=O) groups excluding carboxylic acids is 3. The van der Waals surface area contributed by atoms with Crippen LogP contribution in [0.25, 0.3) is 0 Å². The first-order valence-electron chi connectivity index (χ1n) is 8.46. The largest absolute Gasteiger partial charge is 0.394 e. The van der Waals surface area contributed by atoms with Crippen LogP contribution < -0.4 is 0 Å². The SMILES string of the molecule is O=C(C=NN(C(=O)c1ccccc1)C(=O)c1ccccc1)CC(O)C(O)CO. The lowest BCUT2D eigenvalue weighted by molar-refractivity contribution is -0.116. The third-order valence-electron chi connectivity index (χ3n) is 3.78. The van der Waals surface area contributed by atoms with Crippen LogP contribution >= 0.6 is 0 Å². The zero-order valence-electron chi connectivity index (χ0n) is 14.9. The third-order valence-corrected chi connectivity index (χ3v) is 3.78. The fourth-order valence-corrected chi connectivity index (χ4v) is 2.24. The van der Waals surface area contributed by atoms with E-state index in [0.29, 0.717) is 5.01 Å². The van der Waals surface area contributed by atoms with Crippen LogP contribution in [-0.4, -0.2) is 63.0 Å². The Morgan fingerprint density at radius 1 is 0.857 bits per heavy atom. The maximum absolute atomic E-state index is 12.7. The van der Waals surface area contributed by atoms with Crippen molar-refractivity contribution in [2.75, 3.05) is 6.61 Å². The summed E-state index contributed by atoms with van der Waals surface area (Å²) in [7, 11) is 0. The molecule has 2 amide bonds. The van der Waals surface area contributed by atoms with Gasteiger partial charge >= 0.3 is 0 Å². The molecule has 2 aromatic rings. The van der Waals surface area contributed by atoms with E-state index in [-0.39, 0.29) is 11.1 Å². The number of carbonyl (C=O) groups is 3. The molecule has 28 heavy (non-hydrogen) atoms. The van der Waals surface area contributed by atoms with E-state index in [9.17, 15) is 24.6 Å². The van der Waals surface area contributed by atoms with Gasteiger partial charge in [0, 0.05) is 17.5 Å². The number of imide groups is 1. The van der Waals surface area contributed by atoms with Crippen molar-refractivity contribution in [3.63, 3.8) is 0 Å². The first-order chi connectivity index (χ1) is 13.4. The van der Waals surface area contributed by atoms with Gasteiger partial charge in [-0.15, -0.1) is 0 Å². The molecule has 0 heterocycles. The van der Waals surface area contributed by atoms with Crippen LogP contribution in [0.2, 0.25) is 0 Å². The average molecular weight is 384 g/mol. The number of hydrazone groups is 1. The van der Waals surface area contributed by atoms with Crippen molar-refractivity contribution in [3.8, 4) is 0 Å². The monoisotopic (exact) mass is 384 g/mol. The number of hydrogen-bond donors (Lipinski definition) is 3. The molecule has 0 saturated carbocycles. The smallest absolute Gasteiger partial charge is 0.281 e. The Labute approximate surface area is 161 Å². The van der Waals surface area contributed by atoms with E-state index in [1.165, 1.54) is 24.3 Å². The van der Waals surface area contributed by atoms with Crippen molar-refractivity contribution in [2.24, 2.45) is 5.10 Å². The van der Waals surface area contributed by atoms with Gasteiger partial charge in [-0.2, -0.15) is 10.1 Å². The minimum Gasteiger partial charge on any atom is -0.394 e. The minimum absolute atomic E-state index is 0.201. The summed E-state index contributed by atoms with van der Waals surface area (Å²) in [6, 6.07) is 15.9. The van der Waals surface area contributed by atoms with E-state index in [4.69, 9.17) is 5.11 Å². The number of aliphatic hydroxyl groups is 3. The van der Waals surface area contributed by atoms with Crippen LogP contribution in [0.1, 0.15) is 27.1 Å². The van der Waals surface area contributed by atoms with Crippen LogP contribution in [-0.2, 0) is 4.79 Å². The Kier molecular flexibility index (Phi) is 7.70. The summed E-state index contributed by atoms with van der Waals surface area (Å²) in [6.45, 7) is -0.712. The maximum atomic E-state index is 12.7. The first kappa shape index (κ1) is 21.1. The van der Waals surface area contributed by atoms with Crippen LogP contribution in [0.15, 0.2) is 65.8 Å². The van der Waals surface area contributed by atoms with Gasteiger partial charge in [0.15, 0.2) is 5.78 Å². The molecule has 0 fully saturated rings. The molecule has 8 heteroatoms. The van der Waals surface area contributed by atoms with Gasteiger partial charge < -0.3 is 15.3 Å². The highest BCUT2D eigenvalue weighted by atomic mass is 16.4. The lowest BCUT2D eigenvalue weighted by Crippen LogP contribution is -2.34. The molecule has 0 spiro atoms. The topological polar surface area (TPSA) is 128 Å². The van der Waals surface area contributed by atoms with Gasteiger partial charge in [-0.3, -0.25) is 14.4 Å². The van der Waals surface area contributed by atoms with Gasteiger partial charge in [-0.1, -0.05) is 36.4 Å². The summed E-state index contributed by atoms with van der Waals surface area (Å²) in [6.07, 6.45) is -2.77. The van der Waals surface area contributed by atoms with E-state index in [2.05, 4.69) is 5.10 Å². The van der Waals surface area contributed by atoms with Gasteiger partial charge in [0.25, 0.3) is 11.8 Å². The van der Waals surface area contributed by atoms with Gasteiger partial charge in [-0.25, -0.2) is 0 Å². The summed E-state index contributed by atoms with van der Waals surface area (Å²) in [5.74, 6) is -2.18.